The number of hydrogen-bond acceptors (Lipinski definition) is 7. The third kappa shape index (κ3) is 6.10. The molecule has 1 aromatic rings. The first-order valence-electron chi connectivity index (χ1n) is 7.76. The molecule has 2 heterocycles. The molecule has 0 aliphatic carbocycles. The van der Waals surface area contributed by atoms with Gasteiger partial charge in [0.25, 0.3) is 0 Å². The smallest absolute Gasteiger partial charge is 0.233 e. The van der Waals surface area contributed by atoms with E-state index in [0.29, 0.717) is 18.9 Å². The molecule has 1 N–H and O–H groups in total. The van der Waals surface area contributed by atoms with Crippen molar-refractivity contribution in [2.45, 2.75) is 36.4 Å². The van der Waals surface area contributed by atoms with E-state index in [9.17, 15) is 4.79 Å². The largest absolute Gasteiger partial charge is 0.383 e. The molecule has 1 fully saturated rings. The number of carbonyl (C=O) groups excluding carboxylic acids is 1. The molecule has 8 heteroatoms. The highest BCUT2D eigenvalue weighted by atomic mass is 32.2. The molecule has 0 bridgehead atoms. The third-order valence-electron chi connectivity index (χ3n) is 3.52. The van der Waals surface area contributed by atoms with Crippen LogP contribution in [0.2, 0.25) is 0 Å². The van der Waals surface area contributed by atoms with Crippen LogP contribution in [0.1, 0.15) is 32.1 Å². The molecule has 0 aromatic carbocycles. The summed E-state index contributed by atoms with van der Waals surface area (Å²) in [5.41, 5.74) is 0. The van der Waals surface area contributed by atoms with Crippen molar-refractivity contribution in [3.8, 4) is 0 Å². The number of ether oxygens (including phenoxy) is 1. The third-order valence-corrected chi connectivity index (χ3v) is 5.52. The van der Waals surface area contributed by atoms with Gasteiger partial charge in [-0.2, -0.15) is 0 Å². The average Bonchev–Trinajstić information content (AvgIpc) is 2.93. The zero-order chi connectivity index (χ0) is 15.6. The highest BCUT2D eigenvalue weighted by Gasteiger charge is 2.16. The molecule has 1 aromatic heterocycles. The molecule has 124 valence electrons. The number of methoxy groups -OCH3 is 1. The number of aromatic nitrogens is 2. The average molecular weight is 345 g/mol. The molecule has 6 nitrogen and oxygen atoms in total. The van der Waals surface area contributed by atoms with Crippen molar-refractivity contribution in [1.29, 1.82) is 0 Å². The minimum Gasteiger partial charge on any atom is -0.383 e. The summed E-state index contributed by atoms with van der Waals surface area (Å²) in [6.45, 7) is 3.15. The molecular weight excluding hydrogens is 320 g/mol. The number of nitrogens with zero attached hydrogens (tertiary/aromatic N) is 3. The molecule has 0 unspecified atom stereocenters. The van der Waals surface area contributed by atoms with Crippen LogP contribution in [0.15, 0.2) is 4.34 Å². The molecule has 22 heavy (non-hydrogen) atoms. The van der Waals surface area contributed by atoms with Crippen molar-refractivity contribution >= 4 is 34.1 Å². The van der Waals surface area contributed by atoms with Gasteiger partial charge in [-0.25, -0.2) is 0 Å². The van der Waals surface area contributed by atoms with E-state index in [1.807, 2.05) is 4.90 Å². The summed E-state index contributed by atoms with van der Waals surface area (Å²) in [5, 5.41) is 12.1. The molecule has 0 saturated carbocycles. The van der Waals surface area contributed by atoms with E-state index in [0.717, 1.165) is 35.4 Å². The Morgan fingerprint density at radius 1 is 1.27 bits per heavy atom. The molecule has 0 radical (unpaired) electrons. The number of nitrogens with one attached hydrogen (secondary N) is 1. The van der Waals surface area contributed by atoms with E-state index in [1.165, 1.54) is 42.4 Å². The van der Waals surface area contributed by atoms with Crippen LogP contribution >= 0.6 is 23.1 Å². The van der Waals surface area contributed by atoms with Gasteiger partial charge in [0.05, 0.1) is 12.4 Å². The SMILES string of the molecule is COCCNc1nnc(SCC(=O)N2CCCCCCC2)s1. The zero-order valence-electron chi connectivity index (χ0n) is 13.0. The van der Waals surface area contributed by atoms with Crippen LogP contribution in [0.3, 0.4) is 0 Å². The second-order valence-corrected chi connectivity index (χ2v) is 7.43. The number of carbonyl (C=O) groups is 1. The van der Waals surface area contributed by atoms with Gasteiger partial charge in [-0.3, -0.25) is 4.79 Å². The van der Waals surface area contributed by atoms with Gasteiger partial charge in [-0.05, 0) is 12.8 Å². The minimum absolute atomic E-state index is 0.219. The van der Waals surface area contributed by atoms with Gasteiger partial charge in [0, 0.05) is 26.7 Å². The van der Waals surface area contributed by atoms with E-state index >= 15 is 0 Å². The number of rotatable bonds is 7. The summed E-state index contributed by atoms with van der Waals surface area (Å²) >= 11 is 2.96. The van der Waals surface area contributed by atoms with E-state index in [2.05, 4.69) is 15.5 Å². The van der Waals surface area contributed by atoms with Crippen LogP contribution in [-0.4, -0.2) is 60.1 Å². The Morgan fingerprint density at radius 3 is 2.73 bits per heavy atom. The fourth-order valence-corrected chi connectivity index (χ4v) is 3.99. The zero-order valence-corrected chi connectivity index (χ0v) is 14.7. The standard InChI is InChI=1S/C14H24N4O2S2/c1-20-10-7-15-13-16-17-14(22-13)21-11-12(19)18-8-5-3-2-4-6-9-18/h2-11H2,1H3,(H,15,16). The monoisotopic (exact) mass is 344 g/mol. The van der Waals surface area contributed by atoms with Crippen LogP contribution in [0.4, 0.5) is 5.13 Å². The summed E-state index contributed by atoms with van der Waals surface area (Å²) < 4.78 is 5.81. The Morgan fingerprint density at radius 2 is 2.00 bits per heavy atom. The van der Waals surface area contributed by atoms with Gasteiger partial charge in [0.1, 0.15) is 0 Å². The lowest BCUT2D eigenvalue weighted by molar-refractivity contribution is -0.128. The fraction of sp³-hybridized carbons (Fsp3) is 0.786. The summed E-state index contributed by atoms with van der Waals surface area (Å²) in [6.07, 6.45) is 6.04. The van der Waals surface area contributed by atoms with E-state index in [-0.39, 0.29) is 5.91 Å². The maximum absolute atomic E-state index is 12.3. The lowest BCUT2D eigenvalue weighted by Gasteiger charge is -2.24. The first-order valence-corrected chi connectivity index (χ1v) is 9.56. The number of amides is 1. The maximum atomic E-state index is 12.3. The van der Waals surface area contributed by atoms with Crippen LogP contribution in [0.25, 0.3) is 0 Å². The summed E-state index contributed by atoms with van der Waals surface area (Å²) in [6, 6.07) is 0. The molecule has 2 rings (SSSR count). The van der Waals surface area contributed by atoms with Crippen molar-refractivity contribution in [3.05, 3.63) is 0 Å². The topological polar surface area (TPSA) is 67.3 Å². The van der Waals surface area contributed by atoms with E-state index in [4.69, 9.17) is 4.74 Å². The Kier molecular flexibility index (Phi) is 7.96. The Hall–Kier alpha value is -0.860. The molecule has 0 spiro atoms. The first kappa shape index (κ1) is 17.5. The molecule has 1 aliphatic rings. The number of anilines is 1. The second-order valence-electron chi connectivity index (χ2n) is 5.23. The van der Waals surface area contributed by atoms with Crippen LogP contribution in [0, 0.1) is 0 Å². The van der Waals surface area contributed by atoms with Gasteiger partial charge in [0.2, 0.25) is 11.0 Å². The summed E-state index contributed by atoms with van der Waals surface area (Å²) in [4.78, 5) is 14.3. The first-order chi connectivity index (χ1) is 10.8. The van der Waals surface area contributed by atoms with Gasteiger partial charge in [-0.1, -0.05) is 42.4 Å². The van der Waals surface area contributed by atoms with E-state index < -0.39 is 0 Å². The molecular formula is C14H24N4O2S2. The predicted molar refractivity (Wildman–Crippen MR) is 90.7 cm³/mol. The van der Waals surface area contributed by atoms with Gasteiger partial charge in [0.15, 0.2) is 4.34 Å². The quantitative estimate of drug-likeness (QED) is 0.605. The van der Waals surface area contributed by atoms with Gasteiger partial charge in [-0.15, -0.1) is 10.2 Å². The fourth-order valence-electron chi connectivity index (χ4n) is 2.31. The van der Waals surface area contributed by atoms with Crippen molar-refractivity contribution in [2.75, 3.05) is 44.4 Å². The van der Waals surface area contributed by atoms with Crippen LogP contribution < -0.4 is 5.32 Å². The molecule has 1 saturated heterocycles. The van der Waals surface area contributed by atoms with Crippen LogP contribution in [0.5, 0.6) is 0 Å². The second kappa shape index (κ2) is 10.0. The normalized spacial score (nSPS) is 16.1. The van der Waals surface area contributed by atoms with E-state index in [1.54, 1.807) is 7.11 Å². The minimum atomic E-state index is 0.219. The Labute approximate surface area is 140 Å². The summed E-state index contributed by atoms with van der Waals surface area (Å²) in [5.74, 6) is 0.670. The Balaban J connectivity index is 1.73. The molecule has 0 atom stereocenters. The van der Waals surface area contributed by atoms with Crippen molar-refractivity contribution < 1.29 is 9.53 Å². The van der Waals surface area contributed by atoms with Gasteiger partial charge < -0.3 is 15.0 Å². The highest BCUT2D eigenvalue weighted by Crippen LogP contribution is 2.25. The lowest BCUT2D eigenvalue weighted by Crippen LogP contribution is -2.35. The van der Waals surface area contributed by atoms with Crippen molar-refractivity contribution in [3.63, 3.8) is 0 Å². The summed E-state index contributed by atoms with van der Waals surface area (Å²) in [7, 11) is 1.67. The number of likely N-dealkylation sites (tertiary alicyclic amines) is 1. The number of thioether (sulfide) groups is 1. The molecule has 1 amide bonds. The van der Waals surface area contributed by atoms with Crippen LogP contribution in [-0.2, 0) is 9.53 Å². The number of hydrogen-bond donors (Lipinski definition) is 1. The maximum Gasteiger partial charge on any atom is 0.233 e. The predicted octanol–water partition coefficient (Wildman–Crippen LogP) is 2.48. The van der Waals surface area contributed by atoms with Crippen molar-refractivity contribution in [2.24, 2.45) is 0 Å². The highest BCUT2D eigenvalue weighted by molar-refractivity contribution is 8.01. The Bertz CT molecular complexity index is 448. The van der Waals surface area contributed by atoms with Crippen molar-refractivity contribution in [1.82, 2.24) is 15.1 Å². The lowest BCUT2D eigenvalue weighted by atomic mass is 10.1. The van der Waals surface area contributed by atoms with Gasteiger partial charge >= 0.3 is 0 Å². The molecule has 1 aliphatic heterocycles.